The second-order valence-corrected chi connectivity index (χ2v) is 5.70. The number of halogens is 4. The average molecular weight is 394 g/mol. The number of benzene rings is 1. The van der Waals surface area contributed by atoms with Crippen molar-refractivity contribution in [3.8, 4) is 0 Å². The van der Waals surface area contributed by atoms with Crippen molar-refractivity contribution in [2.24, 2.45) is 5.73 Å². The number of nitrogens with zero attached hydrogens (tertiary/aromatic N) is 1. The molecule has 2 nitrogen and oxygen atoms in total. The van der Waals surface area contributed by atoms with Gasteiger partial charge in [-0.15, -0.1) is 0 Å². The fourth-order valence-electron chi connectivity index (χ4n) is 1.56. The third-order valence-corrected chi connectivity index (χ3v) is 4.41. The fourth-order valence-corrected chi connectivity index (χ4v) is 2.54. The highest BCUT2D eigenvalue weighted by Crippen LogP contribution is 2.33. The van der Waals surface area contributed by atoms with Gasteiger partial charge in [0.15, 0.2) is 0 Å². The van der Waals surface area contributed by atoms with E-state index in [1.54, 1.807) is 30.5 Å². The molecule has 1 atom stereocenters. The number of hydrogen-bond acceptors (Lipinski definition) is 2. The van der Waals surface area contributed by atoms with Crippen molar-refractivity contribution < 1.29 is 4.39 Å². The number of aromatic nitrogens is 1. The summed E-state index contributed by atoms with van der Waals surface area (Å²) in [5.74, 6) is -0.531. The summed E-state index contributed by atoms with van der Waals surface area (Å²) in [5.41, 5.74) is 6.90. The minimum absolute atomic E-state index is 0.0232. The molecule has 0 amide bonds. The number of pyridine rings is 1. The first-order valence-corrected chi connectivity index (χ1v) is 6.98. The van der Waals surface area contributed by atoms with Gasteiger partial charge >= 0.3 is 0 Å². The maximum Gasteiger partial charge on any atom is 0.148 e. The van der Waals surface area contributed by atoms with Crippen LogP contribution in [0.4, 0.5) is 4.39 Å². The molecule has 18 heavy (non-hydrogen) atoms. The molecule has 2 N–H and O–H groups in total. The summed E-state index contributed by atoms with van der Waals surface area (Å²) in [6.07, 6.45) is 1.61. The predicted octanol–water partition coefficient (Wildman–Crippen LogP) is 4.45. The second-order valence-electron chi connectivity index (χ2n) is 3.61. The molecule has 0 saturated heterocycles. The van der Waals surface area contributed by atoms with Crippen LogP contribution < -0.4 is 5.73 Å². The van der Waals surface area contributed by atoms with E-state index in [-0.39, 0.29) is 5.02 Å². The van der Waals surface area contributed by atoms with Crippen LogP contribution in [0, 0.1) is 5.82 Å². The molecular weight excluding hydrogens is 386 g/mol. The van der Waals surface area contributed by atoms with Gasteiger partial charge in [0.1, 0.15) is 5.82 Å². The van der Waals surface area contributed by atoms with E-state index in [2.05, 4.69) is 36.8 Å². The third kappa shape index (κ3) is 2.59. The van der Waals surface area contributed by atoms with Crippen LogP contribution in [0.3, 0.4) is 0 Å². The number of rotatable bonds is 2. The van der Waals surface area contributed by atoms with Crippen LogP contribution in [0.15, 0.2) is 39.4 Å². The molecule has 6 heteroatoms. The van der Waals surface area contributed by atoms with Gasteiger partial charge in [0, 0.05) is 20.7 Å². The van der Waals surface area contributed by atoms with Crippen molar-refractivity contribution in [3.05, 3.63) is 61.5 Å². The molecule has 0 aliphatic heterocycles. The number of nitrogens with two attached hydrogens (primary N) is 1. The molecule has 0 radical (unpaired) electrons. The summed E-state index contributed by atoms with van der Waals surface area (Å²) in [6.45, 7) is 0. The Morgan fingerprint density at radius 2 is 1.94 bits per heavy atom. The van der Waals surface area contributed by atoms with E-state index in [0.29, 0.717) is 15.7 Å². The normalized spacial score (nSPS) is 12.5. The Balaban J connectivity index is 2.50. The lowest BCUT2D eigenvalue weighted by Crippen LogP contribution is -2.16. The molecule has 94 valence electrons. The van der Waals surface area contributed by atoms with Gasteiger partial charge in [-0.1, -0.05) is 17.7 Å². The fraction of sp³-hybridized carbons (Fsp3) is 0.0833. The van der Waals surface area contributed by atoms with Crippen molar-refractivity contribution in [1.82, 2.24) is 4.98 Å². The summed E-state index contributed by atoms with van der Waals surface area (Å²) in [6, 6.07) is 6.16. The van der Waals surface area contributed by atoms with Crippen molar-refractivity contribution in [3.63, 3.8) is 0 Å². The molecule has 0 saturated carbocycles. The van der Waals surface area contributed by atoms with Gasteiger partial charge < -0.3 is 5.73 Å². The van der Waals surface area contributed by atoms with E-state index in [0.717, 1.165) is 4.47 Å². The van der Waals surface area contributed by atoms with Gasteiger partial charge in [0.05, 0.1) is 16.8 Å². The first kappa shape index (κ1) is 13.9. The van der Waals surface area contributed by atoms with Gasteiger partial charge in [-0.25, -0.2) is 4.39 Å². The summed E-state index contributed by atoms with van der Waals surface area (Å²) in [4.78, 5) is 4.15. The summed E-state index contributed by atoms with van der Waals surface area (Å²) in [5, 5.41) is 0.0232. The van der Waals surface area contributed by atoms with Crippen LogP contribution in [0.25, 0.3) is 0 Å². The lowest BCUT2D eigenvalue weighted by Gasteiger charge is -2.15. The third-order valence-electron chi connectivity index (χ3n) is 2.48. The summed E-state index contributed by atoms with van der Waals surface area (Å²) >= 11 is 12.4. The van der Waals surface area contributed by atoms with Crippen LogP contribution in [0.5, 0.6) is 0 Å². The van der Waals surface area contributed by atoms with Crippen molar-refractivity contribution >= 4 is 43.5 Å². The van der Waals surface area contributed by atoms with Gasteiger partial charge in [0.2, 0.25) is 0 Å². The first-order valence-electron chi connectivity index (χ1n) is 5.01. The zero-order chi connectivity index (χ0) is 13.3. The lowest BCUT2D eigenvalue weighted by atomic mass is 10.0. The van der Waals surface area contributed by atoms with Crippen molar-refractivity contribution in [2.45, 2.75) is 6.04 Å². The predicted molar refractivity (Wildman–Crippen MR) is 77.1 cm³/mol. The Hall–Kier alpha value is -0.490. The van der Waals surface area contributed by atoms with Gasteiger partial charge in [0.25, 0.3) is 0 Å². The number of hydrogen-bond donors (Lipinski definition) is 1. The SMILES string of the molecule is NC(c1ccc(Br)c(Cl)c1F)c1ncccc1Br. The standard InChI is InChI=1S/C12H8Br2ClFN2/c13-7-4-3-6(10(16)9(7)15)11(17)12-8(14)2-1-5-18-12/h1-5,11H,17H2. The molecule has 2 aromatic rings. The summed E-state index contributed by atoms with van der Waals surface area (Å²) < 4.78 is 15.3. The molecule has 1 heterocycles. The highest BCUT2D eigenvalue weighted by Gasteiger charge is 2.20. The Bertz CT molecular complexity index is 592. The van der Waals surface area contributed by atoms with Crippen molar-refractivity contribution in [2.75, 3.05) is 0 Å². The zero-order valence-electron chi connectivity index (χ0n) is 9.00. The molecule has 0 aliphatic carbocycles. The smallest absolute Gasteiger partial charge is 0.148 e. The molecule has 1 unspecified atom stereocenters. The van der Waals surface area contributed by atoms with Crippen LogP contribution in [-0.4, -0.2) is 4.98 Å². The molecular formula is C12H8Br2ClFN2. The Labute approximate surface area is 126 Å². The largest absolute Gasteiger partial charge is 0.319 e. The van der Waals surface area contributed by atoms with E-state index < -0.39 is 11.9 Å². The average Bonchev–Trinajstić information content (AvgIpc) is 2.36. The molecule has 0 spiro atoms. The Kier molecular flexibility index (Phi) is 4.37. The van der Waals surface area contributed by atoms with Crippen LogP contribution in [0.2, 0.25) is 5.02 Å². The zero-order valence-corrected chi connectivity index (χ0v) is 12.9. The molecule has 1 aromatic carbocycles. The topological polar surface area (TPSA) is 38.9 Å². The van der Waals surface area contributed by atoms with Crippen LogP contribution in [0.1, 0.15) is 17.3 Å². The highest BCUT2D eigenvalue weighted by molar-refractivity contribution is 9.10. The van der Waals surface area contributed by atoms with Crippen molar-refractivity contribution in [1.29, 1.82) is 0 Å². The van der Waals surface area contributed by atoms with E-state index in [4.69, 9.17) is 17.3 Å². The molecule has 0 fully saturated rings. The van der Waals surface area contributed by atoms with Crippen LogP contribution in [-0.2, 0) is 0 Å². The van der Waals surface area contributed by atoms with Gasteiger partial charge in [-0.3, -0.25) is 4.98 Å². The monoisotopic (exact) mass is 392 g/mol. The van der Waals surface area contributed by atoms with E-state index in [1.165, 1.54) is 0 Å². The van der Waals surface area contributed by atoms with Gasteiger partial charge in [-0.05, 0) is 50.1 Å². The molecule has 2 rings (SSSR count). The first-order chi connectivity index (χ1) is 8.52. The maximum atomic E-state index is 14.0. The lowest BCUT2D eigenvalue weighted by molar-refractivity contribution is 0.596. The maximum absolute atomic E-state index is 14.0. The van der Waals surface area contributed by atoms with Gasteiger partial charge in [-0.2, -0.15) is 0 Å². The Morgan fingerprint density at radius 3 is 2.61 bits per heavy atom. The molecule has 1 aromatic heterocycles. The highest BCUT2D eigenvalue weighted by atomic mass is 79.9. The summed E-state index contributed by atoms with van der Waals surface area (Å²) in [7, 11) is 0. The Morgan fingerprint density at radius 1 is 1.22 bits per heavy atom. The minimum atomic E-state index is -0.675. The van der Waals surface area contributed by atoms with Crippen LogP contribution >= 0.6 is 43.5 Å². The minimum Gasteiger partial charge on any atom is -0.319 e. The van der Waals surface area contributed by atoms with E-state index in [9.17, 15) is 4.39 Å². The molecule has 0 bridgehead atoms. The van der Waals surface area contributed by atoms with E-state index in [1.807, 2.05) is 0 Å². The van der Waals surface area contributed by atoms with E-state index >= 15 is 0 Å². The second kappa shape index (κ2) is 5.65. The quantitative estimate of drug-likeness (QED) is 0.765. The molecule has 0 aliphatic rings.